The second kappa shape index (κ2) is 11.2. The predicted molar refractivity (Wildman–Crippen MR) is 107 cm³/mol. The molecule has 0 saturated carbocycles. The van der Waals surface area contributed by atoms with Crippen LogP contribution >= 0.6 is 12.2 Å². The van der Waals surface area contributed by atoms with E-state index in [1.54, 1.807) is 26.6 Å². The number of hydrogen-bond acceptors (Lipinski definition) is 5. The lowest BCUT2D eigenvalue weighted by Gasteiger charge is -2.26. The number of aryl methyl sites for hydroxylation is 1. The number of methoxy groups -OCH3 is 1. The van der Waals surface area contributed by atoms with E-state index in [4.69, 9.17) is 21.7 Å². The first-order valence-electron chi connectivity index (χ1n) is 8.89. The number of rotatable bonds is 10. The molecule has 8 heteroatoms. The summed E-state index contributed by atoms with van der Waals surface area (Å²) in [5.41, 5.74) is 1.11. The monoisotopic (exact) mass is 390 g/mol. The second-order valence-corrected chi connectivity index (χ2v) is 6.27. The Labute approximate surface area is 165 Å². The number of imidazole rings is 1. The summed E-state index contributed by atoms with van der Waals surface area (Å²) in [5.74, 6) is 0.496. The SMILES string of the molecule is CCOC(=O)CNC(=S)N(CCCn1ccnc1)Cc1ccc(OC)cc1. The van der Waals surface area contributed by atoms with Gasteiger partial charge in [0, 0.05) is 32.0 Å². The number of hydrogen-bond donors (Lipinski definition) is 1. The lowest BCUT2D eigenvalue weighted by atomic mass is 10.2. The van der Waals surface area contributed by atoms with Crippen molar-refractivity contribution < 1.29 is 14.3 Å². The van der Waals surface area contributed by atoms with Crippen molar-refractivity contribution in [1.29, 1.82) is 0 Å². The fourth-order valence-electron chi connectivity index (χ4n) is 2.54. The Morgan fingerprint density at radius 3 is 2.74 bits per heavy atom. The molecule has 7 nitrogen and oxygen atoms in total. The van der Waals surface area contributed by atoms with Gasteiger partial charge in [0.1, 0.15) is 12.3 Å². The van der Waals surface area contributed by atoms with Crippen LogP contribution in [0.2, 0.25) is 0 Å². The highest BCUT2D eigenvalue weighted by Crippen LogP contribution is 2.13. The fraction of sp³-hybridized carbons (Fsp3) is 0.421. The zero-order valence-corrected chi connectivity index (χ0v) is 16.6. The Kier molecular flexibility index (Phi) is 8.57. The molecule has 0 radical (unpaired) electrons. The normalized spacial score (nSPS) is 10.3. The van der Waals surface area contributed by atoms with Crippen molar-refractivity contribution in [3.8, 4) is 5.75 Å². The van der Waals surface area contributed by atoms with Crippen molar-refractivity contribution in [1.82, 2.24) is 19.8 Å². The molecule has 0 atom stereocenters. The molecular formula is C19H26N4O3S. The number of nitrogens with one attached hydrogen (secondary N) is 1. The van der Waals surface area contributed by atoms with Crippen molar-refractivity contribution in [2.75, 3.05) is 26.8 Å². The van der Waals surface area contributed by atoms with Gasteiger partial charge in [0.15, 0.2) is 5.11 Å². The lowest BCUT2D eigenvalue weighted by Crippen LogP contribution is -2.42. The van der Waals surface area contributed by atoms with Crippen LogP contribution in [0.1, 0.15) is 18.9 Å². The average molecular weight is 391 g/mol. The molecular weight excluding hydrogens is 364 g/mol. The standard InChI is InChI=1S/C19H26N4O3S/c1-3-26-18(24)13-21-19(27)23(11-4-10-22-12-9-20-15-22)14-16-5-7-17(25-2)8-6-16/h5-9,12,15H,3-4,10-11,13-14H2,1-2H3,(H,21,27). The summed E-state index contributed by atoms with van der Waals surface area (Å²) >= 11 is 5.50. The van der Waals surface area contributed by atoms with Crippen LogP contribution in [-0.4, -0.2) is 52.3 Å². The van der Waals surface area contributed by atoms with E-state index in [0.717, 1.165) is 30.8 Å². The minimum Gasteiger partial charge on any atom is -0.497 e. The summed E-state index contributed by atoms with van der Waals surface area (Å²) in [4.78, 5) is 17.7. The maximum absolute atomic E-state index is 11.6. The van der Waals surface area contributed by atoms with Crippen LogP contribution < -0.4 is 10.1 Å². The molecule has 0 saturated heterocycles. The van der Waals surface area contributed by atoms with Crippen LogP contribution in [0, 0.1) is 0 Å². The first kappa shape index (κ1) is 20.7. The van der Waals surface area contributed by atoms with Crippen LogP contribution in [0.25, 0.3) is 0 Å². The van der Waals surface area contributed by atoms with Gasteiger partial charge in [-0.1, -0.05) is 12.1 Å². The Morgan fingerprint density at radius 1 is 1.33 bits per heavy atom. The van der Waals surface area contributed by atoms with Crippen LogP contribution in [0.3, 0.4) is 0 Å². The minimum atomic E-state index is -0.317. The van der Waals surface area contributed by atoms with E-state index in [1.807, 2.05) is 39.9 Å². The molecule has 1 aromatic heterocycles. The van der Waals surface area contributed by atoms with Crippen molar-refractivity contribution in [3.05, 3.63) is 48.5 Å². The van der Waals surface area contributed by atoms with Crippen molar-refractivity contribution >= 4 is 23.3 Å². The van der Waals surface area contributed by atoms with Crippen LogP contribution in [0.4, 0.5) is 0 Å². The molecule has 0 spiro atoms. The Bertz CT molecular complexity index is 704. The van der Waals surface area contributed by atoms with E-state index in [0.29, 0.717) is 18.3 Å². The molecule has 27 heavy (non-hydrogen) atoms. The van der Waals surface area contributed by atoms with Gasteiger partial charge in [-0.05, 0) is 43.3 Å². The zero-order chi connectivity index (χ0) is 19.5. The summed E-state index contributed by atoms with van der Waals surface area (Å²) < 4.78 is 12.2. The smallest absolute Gasteiger partial charge is 0.325 e. The molecule has 1 aromatic carbocycles. The molecule has 0 aliphatic heterocycles. The van der Waals surface area contributed by atoms with Gasteiger partial charge in [0.25, 0.3) is 0 Å². The zero-order valence-electron chi connectivity index (χ0n) is 15.8. The highest BCUT2D eigenvalue weighted by molar-refractivity contribution is 7.80. The Balaban J connectivity index is 1.94. The van der Waals surface area contributed by atoms with Crippen LogP contribution in [0.15, 0.2) is 43.0 Å². The van der Waals surface area contributed by atoms with Gasteiger partial charge in [-0.3, -0.25) is 4.79 Å². The third-order valence-corrected chi connectivity index (χ3v) is 4.32. The molecule has 1 heterocycles. The third kappa shape index (κ3) is 7.26. The molecule has 0 fully saturated rings. The quantitative estimate of drug-likeness (QED) is 0.493. The number of thiocarbonyl (C=S) groups is 1. The van der Waals surface area contributed by atoms with Gasteiger partial charge >= 0.3 is 5.97 Å². The summed E-state index contributed by atoms with van der Waals surface area (Å²) in [6, 6.07) is 7.87. The Hall–Kier alpha value is -2.61. The Morgan fingerprint density at radius 2 is 2.11 bits per heavy atom. The van der Waals surface area contributed by atoms with Gasteiger partial charge in [-0.2, -0.15) is 0 Å². The van der Waals surface area contributed by atoms with Crippen LogP contribution in [-0.2, 0) is 22.6 Å². The third-order valence-electron chi connectivity index (χ3n) is 3.91. The topological polar surface area (TPSA) is 68.6 Å². The average Bonchev–Trinajstić information content (AvgIpc) is 3.19. The second-order valence-electron chi connectivity index (χ2n) is 5.89. The number of ether oxygens (including phenoxy) is 2. The van der Waals surface area contributed by atoms with Gasteiger partial charge in [-0.25, -0.2) is 4.98 Å². The largest absolute Gasteiger partial charge is 0.497 e. The number of carbonyl (C=O) groups is 1. The van der Waals surface area contributed by atoms with Crippen LogP contribution in [0.5, 0.6) is 5.75 Å². The molecule has 146 valence electrons. The molecule has 0 amide bonds. The minimum absolute atomic E-state index is 0.0628. The number of aromatic nitrogens is 2. The van der Waals surface area contributed by atoms with Crippen molar-refractivity contribution in [2.45, 2.75) is 26.4 Å². The molecule has 0 unspecified atom stereocenters. The van der Waals surface area contributed by atoms with E-state index >= 15 is 0 Å². The molecule has 0 aliphatic carbocycles. The number of nitrogens with zero attached hydrogens (tertiary/aromatic N) is 3. The highest BCUT2D eigenvalue weighted by Gasteiger charge is 2.12. The lowest BCUT2D eigenvalue weighted by molar-refractivity contribution is -0.141. The maximum atomic E-state index is 11.6. The highest BCUT2D eigenvalue weighted by atomic mass is 32.1. The number of esters is 1. The maximum Gasteiger partial charge on any atom is 0.325 e. The van der Waals surface area contributed by atoms with E-state index in [9.17, 15) is 4.79 Å². The van der Waals surface area contributed by atoms with E-state index in [1.165, 1.54) is 0 Å². The van der Waals surface area contributed by atoms with Crippen molar-refractivity contribution in [3.63, 3.8) is 0 Å². The number of benzene rings is 1. The van der Waals surface area contributed by atoms with Gasteiger partial charge < -0.3 is 24.3 Å². The summed E-state index contributed by atoms with van der Waals surface area (Å²) in [7, 11) is 1.64. The van der Waals surface area contributed by atoms with E-state index in [-0.39, 0.29) is 12.5 Å². The van der Waals surface area contributed by atoms with Crippen molar-refractivity contribution in [2.24, 2.45) is 0 Å². The molecule has 0 aliphatic rings. The molecule has 2 rings (SSSR count). The van der Waals surface area contributed by atoms with E-state index in [2.05, 4.69) is 10.3 Å². The fourth-order valence-corrected chi connectivity index (χ4v) is 2.77. The first-order chi connectivity index (χ1) is 13.1. The summed E-state index contributed by atoms with van der Waals surface area (Å²) in [5, 5.41) is 3.52. The summed E-state index contributed by atoms with van der Waals surface area (Å²) in [6.45, 7) is 4.43. The first-order valence-corrected chi connectivity index (χ1v) is 9.30. The summed E-state index contributed by atoms with van der Waals surface area (Å²) in [6.07, 6.45) is 6.39. The molecule has 2 aromatic rings. The molecule has 1 N–H and O–H groups in total. The van der Waals surface area contributed by atoms with Gasteiger partial charge in [-0.15, -0.1) is 0 Å². The number of carbonyl (C=O) groups excluding carboxylic acids is 1. The van der Waals surface area contributed by atoms with E-state index < -0.39 is 0 Å². The van der Waals surface area contributed by atoms with Gasteiger partial charge in [0.2, 0.25) is 0 Å². The predicted octanol–water partition coefficient (Wildman–Crippen LogP) is 2.22. The molecule has 0 bridgehead atoms. The van der Waals surface area contributed by atoms with Gasteiger partial charge in [0.05, 0.1) is 20.0 Å².